The molecule has 4 rings (SSSR count). The normalized spacial score (nSPS) is 12.1. The van der Waals surface area contributed by atoms with Gasteiger partial charge in [-0.05, 0) is 22.2 Å². The Morgan fingerprint density at radius 1 is 0.686 bits per heavy atom. The van der Waals surface area contributed by atoms with Crippen molar-refractivity contribution in [1.82, 2.24) is 0 Å². The molecule has 0 amide bonds. The van der Waals surface area contributed by atoms with Crippen molar-refractivity contribution in [3.63, 3.8) is 0 Å². The Hall–Kier alpha value is 0.120. The third kappa shape index (κ3) is 5.92. The van der Waals surface area contributed by atoms with Crippen molar-refractivity contribution < 1.29 is 48.4 Å². The van der Waals surface area contributed by atoms with Gasteiger partial charge in [-0.15, -0.1) is 0 Å². The van der Waals surface area contributed by atoms with Crippen LogP contribution in [0.15, 0.2) is 51.1 Å². The van der Waals surface area contributed by atoms with Crippen LogP contribution in [-0.2, 0) is 35.1 Å². The maximum atomic E-state index is 12.3. The first-order chi connectivity index (χ1) is 14.6. The minimum atomic E-state index is -5.68. The fraction of sp³-hybridized carbons (Fsp3) is 0.0556. The summed E-state index contributed by atoms with van der Waals surface area (Å²) in [6.45, 7) is 0.975. The van der Waals surface area contributed by atoms with E-state index in [4.69, 9.17) is 4.74 Å². The van der Waals surface area contributed by atoms with Crippen molar-refractivity contribution in [3.05, 3.63) is 36.4 Å². The van der Waals surface area contributed by atoms with Crippen LogP contribution in [-0.4, -0.2) is 134 Å². The quantitative estimate of drug-likeness (QED) is 0.100. The summed E-state index contributed by atoms with van der Waals surface area (Å²) in [7, 11) is -16.8. The fourth-order valence-electron chi connectivity index (χ4n) is 3.85. The van der Waals surface area contributed by atoms with Crippen molar-refractivity contribution in [3.8, 4) is 5.75 Å². The first kappa shape index (κ1) is 33.1. The van der Waals surface area contributed by atoms with E-state index in [0.717, 1.165) is 13.0 Å². The van der Waals surface area contributed by atoms with E-state index in [-0.39, 0.29) is 99.4 Å². The zero-order chi connectivity index (χ0) is 23.8. The van der Waals surface area contributed by atoms with Crippen molar-refractivity contribution in [2.75, 3.05) is 0 Å². The average Bonchev–Trinajstić information content (AvgIpc) is 2.62. The molecule has 4 aromatic carbocycles. The topological polar surface area (TPSA) is 189 Å². The monoisotopic (exact) mass is 572 g/mol. The second-order valence-corrected chi connectivity index (χ2v) is 10.9. The summed E-state index contributed by atoms with van der Waals surface area (Å²) in [5, 5.41) is -0.352. The van der Waals surface area contributed by atoms with Gasteiger partial charge in [0.2, 0.25) is 0 Å². The van der Waals surface area contributed by atoms with Gasteiger partial charge >= 0.3 is 94.6 Å². The molecule has 0 aliphatic rings. The van der Waals surface area contributed by atoms with E-state index in [1.54, 1.807) is 12.1 Å². The standard InChI is InChI=1S/C18H12O11S3.3Na.3H/c1-8(19)29-12-7-10-4-2-3-9-5-6-11-14(13(9)10)15(12)17(31(23,24)25)18(32(26,27)28)16(11)30(20,21)22;;;;;;/h2-7H,1H3,(H,20,21,22)(H,23,24,25)(H,26,27,28);;;;;;. The Morgan fingerprint density at radius 3 is 1.69 bits per heavy atom. The van der Waals surface area contributed by atoms with E-state index < -0.39 is 67.5 Å². The first-order valence-electron chi connectivity index (χ1n) is 8.50. The molecular formula is C18H15Na3O11S3. The summed E-state index contributed by atoms with van der Waals surface area (Å²) in [6, 6.07) is 8.39. The summed E-state index contributed by atoms with van der Waals surface area (Å²) in [4.78, 5) is 6.89. The fourth-order valence-corrected chi connectivity index (χ4v) is 7.44. The second kappa shape index (κ2) is 11.1. The summed E-state index contributed by atoms with van der Waals surface area (Å²) in [5.74, 6) is -1.46. The molecule has 0 saturated carbocycles. The van der Waals surface area contributed by atoms with Crippen LogP contribution >= 0.6 is 0 Å². The molecule has 4 aromatic rings. The third-order valence-electron chi connectivity index (χ3n) is 4.77. The first-order valence-corrected chi connectivity index (χ1v) is 12.8. The Bertz CT molecular complexity index is 1800. The number of carbonyl (C=O) groups is 1. The summed E-state index contributed by atoms with van der Waals surface area (Å²) >= 11 is 0. The van der Waals surface area contributed by atoms with Crippen molar-refractivity contribution in [2.24, 2.45) is 0 Å². The number of rotatable bonds is 4. The van der Waals surface area contributed by atoms with Crippen LogP contribution in [0.25, 0.3) is 32.3 Å². The molecule has 0 aliphatic carbocycles. The molecule has 35 heavy (non-hydrogen) atoms. The van der Waals surface area contributed by atoms with Crippen molar-refractivity contribution in [2.45, 2.75) is 21.6 Å². The van der Waals surface area contributed by atoms with Crippen LogP contribution in [0.5, 0.6) is 5.75 Å². The van der Waals surface area contributed by atoms with Gasteiger partial charge in [0.15, 0.2) is 0 Å². The molecular weight excluding hydrogens is 557 g/mol. The van der Waals surface area contributed by atoms with Gasteiger partial charge in [-0.3, -0.25) is 18.5 Å². The molecule has 0 aliphatic heterocycles. The Kier molecular flexibility index (Phi) is 10.5. The Balaban J connectivity index is 0.00000204. The summed E-state index contributed by atoms with van der Waals surface area (Å²) < 4.78 is 108. The van der Waals surface area contributed by atoms with Gasteiger partial charge in [-0.2, -0.15) is 25.3 Å². The molecule has 0 atom stereocenters. The number of ether oxygens (including phenoxy) is 1. The van der Waals surface area contributed by atoms with E-state index in [1.165, 1.54) is 18.2 Å². The van der Waals surface area contributed by atoms with Gasteiger partial charge in [0.1, 0.15) is 20.4 Å². The minimum absolute atomic E-state index is 0. The number of carbonyl (C=O) groups excluding carboxylic acids is 1. The van der Waals surface area contributed by atoms with Gasteiger partial charge < -0.3 is 4.74 Å². The number of benzene rings is 4. The van der Waals surface area contributed by atoms with Crippen LogP contribution in [0.4, 0.5) is 0 Å². The molecule has 0 saturated heterocycles. The van der Waals surface area contributed by atoms with E-state index in [0.29, 0.717) is 10.8 Å². The summed E-state index contributed by atoms with van der Waals surface area (Å²) in [6.07, 6.45) is 0. The zero-order valence-electron chi connectivity index (χ0n) is 15.8. The molecule has 3 N–H and O–H groups in total. The Morgan fingerprint density at radius 2 is 1.20 bits per heavy atom. The van der Waals surface area contributed by atoms with Crippen LogP contribution in [0.2, 0.25) is 0 Å². The molecule has 0 heterocycles. The van der Waals surface area contributed by atoms with Gasteiger partial charge in [0, 0.05) is 23.1 Å². The van der Waals surface area contributed by atoms with E-state index >= 15 is 0 Å². The number of hydrogen-bond donors (Lipinski definition) is 3. The number of esters is 1. The van der Waals surface area contributed by atoms with Crippen LogP contribution in [0.1, 0.15) is 6.92 Å². The average molecular weight is 572 g/mol. The van der Waals surface area contributed by atoms with Crippen LogP contribution in [0.3, 0.4) is 0 Å². The SMILES string of the molecule is CC(=O)Oc1cc2cccc3ccc4c(S(=O)(=O)O)c(S(=O)(=O)O)c(S(=O)(=O)O)c1c4c32.[NaH].[NaH].[NaH]. The van der Waals surface area contributed by atoms with Gasteiger partial charge in [0.25, 0.3) is 30.4 Å². The summed E-state index contributed by atoms with van der Waals surface area (Å²) in [5.41, 5.74) is 0. The molecule has 0 bridgehead atoms. The Labute approximate surface area is 266 Å². The second-order valence-electron chi connectivity index (χ2n) is 6.82. The molecule has 11 nitrogen and oxygen atoms in total. The molecule has 174 valence electrons. The van der Waals surface area contributed by atoms with Gasteiger partial charge in [-0.25, -0.2) is 0 Å². The molecule has 0 spiro atoms. The van der Waals surface area contributed by atoms with Crippen molar-refractivity contribution >= 4 is 157 Å². The van der Waals surface area contributed by atoms with Crippen LogP contribution in [0, 0.1) is 0 Å². The molecule has 0 aromatic heterocycles. The van der Waals surface area contributed by atoms with Crippen molar-refractivity contribution in [1.29, 1.82) is 0 Å². The molecule has 0 fully saturated rings. The molecule has 17 heteroatoms. The van der Waals surface area contributed by atoms with Crippen LogP contribution < -0.4 is 4.74 Å². The molecule has 0 unspecified atom stereocenters. The predicted octanol–water partition coefficient (Wildman–Crippen LogP) is 0.304. The van der Waals surface area contributed by atoms with E-state index in [2.05, 4.69) is 0 Å². The number of hydrogen-bond acceptors (Lipinski definition) is 8. The third-order valence-corrected chi connectivity index (χ3v) is 7.82. The van der Waals surface area contributed by atoms with Gasteiger partial charge in [0.05, 0.1) is 0 Å². The zero-order valence-corrected chi connectivity index (χ0v) is 18.2. The van der Waals surface area contributed by atoms with Gasteiger partial charge in [-0.1, -0.05) is 30.3 Å². The van der Waals surface area contributed by atoms with E-state index in [1.807, 2.05) is 0 Å². The molecule has 0 radical (unpaired) electrons. The van der Waals surface area contributed by atoms with E-state index in [9.17, 15) is 43.7 Å². The maximum absolute atomic E-state index is 12.3. The predicted molar refractivity (Wildman–Crippen MR) is 132 cm³/mol.